The topological polar surface area (TPSA) is 0 Å². The Morgan fingerprint density at radius 3 is 1.30 bits per heavy atom. The Morgan fingerprint density at radius 2 is 1.00 bits per heavy atom. The molecule has 0 aliphatic rings. The molecule has 0 fully saturated rings. The molecule has 0 atom stereocenters. The van der Waals surface area contributed by atoms with Crippen molar-refractivity contribution in [1.82, 2.24) is 0 Å². The second kappa shape index (κ2) is 5.91. The van der Waals surface area contributed by atoms with E-state index >= 15 is 0 Å². The molecular formula is C18H20B2. The van der Waals surface area contributed by atoms with Gasteiger partial charge in [-0.05, 0) is 72.2 Å². The maximum Gasteiger partial charge on any atom is 0.0716 e. The standard InChI is InChI=1S/C18H20B2/c1-11-5-7-15(9-19)17(13(11)3)18-14(4)12(2)6-8-16(18)10-20/h5-8H,9-10H2,1-4H3. The highest BCUT2D eigenvalue weighted by Crippen LogP contribution is 2.36. The Labute approximate surface area is 125 Å². The summed E-state index contributed by atoms with van der Waals surface area (Å²) < 4.78 is 0. The van der Waals surface area contributed by atoms with Gasteiger partial charge in [0.05, 0.1) is 15.7 Å². The summed E-state index contributed by atoms with van der Waals surface area (Å²) in [6.07, 6.45) is 1.10. The summed E-state index contributed by atoms with van der Waals surface area (Å²) in [7, 11) is 11.9. The molecule has 4 radical (unpaired) electrons. The highest BCUT2D eigenvalue weighted by atomic mass is 14.2. The Hall–Kier alpha value is -1.43. The maximum absolute atomic E-state index is 5.96. The van der Waals surface area contributed by atoms with E-state index in [0.29, 0.717) is 12.6 Å². The molecule has 98 valence electrons. The van der Waals surface area contributed by atoms with Crippen molar-refractivity contribution in [2.75, 3.05) is 0 Å². The van der Waals surface area contributed by atoms with Gasteiger partial charge in [-0.25, -0.2) is 0 Å². The van der Waals surface area contributed by atoms with Crippen LogP contribution in [0.15, 0.2) is 24.3 Å². The van der Waals surface area contributed by atoms with Crippen molar-refractivity contribution < 1.29 is 0 Å². The summed E-state index contributed by atoms with van der Waals surface area (Å²) in [4.78, 5) is 0. The molecule has 0 amide bonds. The van der Waals surface area contributed by atoms with Gasteiger partial charge in [0.1, 0.15) is 0 Å². The highest BCUT2D eigenvalue weighted by Gasteiger charge is 2.15. The van der Waals surface area contributed by atoms with E-state index < -0.39 is 0 Å². The monoisotopic (exact) mass is 258 g/mol. The average molecular weight is 258 g/mol. The lowest BCUT2D eigenvalue weighted by atomic mass is 9.79. The number of benzene rings is 2. The van der Waals surface area contributed by atoms with E-state index in [1.807, 2.05) is 0 Å². The number of hydrogen-bond donors (Lipinski definition) is 0. The molecule has 0 unspecified atom stereocenters. The van der Waals surface area contributed by atoms with E-state index in [0.717, 1.165) is 0 Å². The molecule has 0 saturated carbocycles. The molecule has 2 rings (SSSR count). The van der Waals surface area contributed by atoms with Crippen LogP contribution in [-0.2, 0) is 12.6 Å². The lowest BCUT2D eigenvalue weighted by molar-refractivity contribution is 1.23. The summed E-state index contributed by atoms with van der Waals surface area (Å²) >= 11 is 0. The number of aryl methyl sites for hydroxylation is 2. The zero-order chi connectivity index (χ0) is 14.9. The molecular weight excluding hydrogens is 238 g/mol. The van der Waals surface area contributed by atoms with Gasteiger partial charge in [0.2, 0.25) is 0 Å². The predicted octanol–water partition coefficient (Wildman–Crippen LogP) is 3.92. The van der Waals surface area contributed by atoms with Crippen molar-refractivity contribution in [3.8, 4) is 11.1 Å². The van der Waals surface area contributed by atoms with Crippen LogP contribution in [0.1, 0.15) is 33.4 Å². The van der Waals surface area contributed by atoms with Gasteiger partial charge in [0.25, 0.3) is 0 Å². The lowest BCUT2D eigenvalue weighted by Crippen LogP contribution is -2.02. The van der Waals surface area contributed by atoms with Crippen LogP contribution in [-0.4, -0.2) is 15.7 Å². The van der Waals surface area contributed by atoms with Crippen LogP contribution in [0.3, 0.4) is 0 Å². The summed E-state index contributed by atoms with van der Waals surface area (Å²) in [6.45, 7) is 8.64. The Balaban J connectivity index is 2.87. The van der Waals surface area contributed by atoms with Crippen LogP contribution in [0, 0.1) is 27.7 Å². The van der Waals surface area contributed by atoms with Gasteiger partial charge in [-0.1, -0.05) is 36.9 Å². The zero-order valence-corrected chi connectivity index (χ0v) is 12.9. The quantitative estimate of drug-likeness (QED) is 0.732. The molecule has 0 N–H and O–H groups in total. The van der Waals surface area contributed by atoms with Crippen LogP contribution in [0.5, 0.6) is 0 Å². The molecule has 2 heteroatoms. The average Bonchev–Trinajstić information content (AvgIpc) is 2.45. The van der Waals surface area contributed by atoms with Crippen LogP contribution >= 0.6 is 0 Å². The van der Waals surface area contributed by atoms with Gasteiger partial charge in [-0.2, -0.15) is 0 Å². The largest absolute Gasteiger partial charge is 0.0716 e. The molecule has 2 aromatic carbocycles. The van der Waals surface area contributed by atoms with Crippen molar-refractivity contribution in [3.63, 3.8) is 0 Å². The minimum absolute atomic E-state index is 0.549. The molecule has 0 aliphatic heterocycles. The summed E-state index contributed by atoms with van der Waals surface area (Å²) in [5, 5.41) is 0. The minimum Gasteiger partial charge on any atom is -0.0637 e. The summed E-state index contributed by atoms with van der Waals surface area (Å²) in [5.74, 6) is 0. The molecule has 0 spiro atoms. The normalized spacial score (nSPS) is 10.8. The summed E-state index contributed by atoms with van der Waals surface area (Å²) in [5.41, 5.74) is 10.1. The third-order valence-electron chi connectivity index (χ3n) is 4.33. The molecule has 0 aromatic heterocycles. The first kappa shape index (κ1) is 15.0. The third-order valence-corrected chi connectivity index (χ3v) is 4.33. The molecule has 0 aliphatic carbocycles. The first-order chi connectivity index (χ1) is 9.51. The fraction of sp³-hybridized carbons (Fsp3) is 0.333. The van der Waals surface area contributed by atoms with Gasteiger partial charge in [0.15, 0.2) is 0 Å². The molecule has 0 saturated heterocycles. The fourth-order valence-corrected chi connectivity index (χ4v) is 2.78. The fourth-order valence-electron chi connectivity index (χ4n) is 2.78. The van der Waals surface area contributed by atoms with Crippen molar-refractivity contribution in [3.05, 3.63) is 57.6 Å². The van der Waals surface area contributed by atoms with Crippen molar-refractivity contribution in [2.45, 2.75) is 40.3 Å². The highest BCUT2D eigenvalue weighted by molar-refractivity contribution is 6.10. The van der Waals surface area contributed by atoms with Crippen LogP contribution in [0.25, 0.3) is 11.1 Å². The Bertz CT molecular complexity index is 585. The van der Waals surface area contributed by atoms with Crippen molar-refractivity contribution in [2.24, 2.45) is 0 Å². The second-order valence-electron chi connectivity index (χ2n) is 5.49. The first-order valence-corrected chi connectivity index (χ1v) is 7.09. The van der Waals surface area contributed by atoms with Gasteiger partial charge in [0, 0.05) is 0 Å². The lowest BCUT2D eigenvalue weighted by Gasteiger charge is -2.21. The van der Waals surface area contributed by atoms with Crippen LogP contribution in [0.4, 0.5) is 0 Å². The Kier molecular flexibility index (Phi) is 4.42. The van der Waals surface area contributed by atoms with E-state index in [1.54, 1.807) is 0 Å². The second-order valence-corrected chi connectivity index (χ2v) is 5.49. The van der Waals surface area contributed by atoms with Gasteiger partial charge in [-0.15, -0.1) is 0 Å². The smallest absolute Gasteiger partial charge is 0.0637 e. The number of rotatable bonds is 3. The molecule has 0 heterocycles. The van der Waals surface area contributed by atoms with E-state index in [1.165, 1.54) is 44.5 Å². The number of hydrogen-bond acceptors (Lipinski definition) is 0. The molecule has 0 nitrogen and oxygen atoms in total. The predicted molar refractivity (Wildman–Crippen MR) is 89.7 cm³/mol. The summed E-state index contributed by atoms with van der Waals surface area (Å²) in [6, 6.07) is 8.57. The van der Waals surface area contributed by atoms with Gasteiger partial charge < -0.3 is 0 Å². The zero-order valence-electron chi connectivity index (χ0n) is 12.9. The molecule has 0 bridgehead atoms. The SMILES string of the molecule is [B]Cc1ccc(C)c(C)c1-c1c(C[B])ccc(C)c1C. The first-order valence-electron chi connectivity index (χ1n) is 7.09. The van der Waals surface area contributed by atoms with E-state index in [2.05, 4.69) is 52.0 Å². The Morgan fingerprint density at radius 1 is 0.650 bits per heavy atom. The van der Waals surface area contributed by atoms with Crippen LogP contribution in [0.2, 0.25) is 0 Å². The maximum atomic E-state index is 5.96. The third kappa shape index (κ3) is 2.44. The molecule has 2 aromatic rings. The molecule has 20 heavy (non-hydrogen) atoms. The van der Waals surface area contributed by atoms with E-state index in [9.17, 15) is 0 Å². The van der Waals surface area contributed by atoms with E-state index in [4.69, 9.17) is 15.7 Å². The minimum atomic E-state index is 0.549. The van der Waals surface area contributed by atoms with E-state index in [-0.39, 0.29) is 0 Å². The van der Waals surface area contributed by atoms with Crippen molar-refractivity contribution in [1.29, 1.82) is 0 Å². The van der Waals surface area contributed by atoms with Crippen LogP contribution < -0.4 is 0 Å². The van der Waals surface area contributed by atoms with Crippen molar-refractivity contribution >= 4 is 15.7 Å². The van der Waals surface area contributed by atoms with Gasteiger partial charge in [-0.3, -0.25) is 0 Å². The van der Waals surface area contributed by atoms with Gasteiger partial charge >= 0.3 is 0 Å².